The molecule has 2 heteroatoms. The van der Waals surface area contributed by atoms with E-state index in [9.17, 15) is 0 Å². The summed E-state index contributed by atoms with van der Waals surface area (Å²) in [4.78, 5) is -0.605. The first-order chi connectivity index (χ1) is 5.68. The van der Waals surface area contributed by atoms with E-state index in [2.05, 4.69) is 11.8 Å². The summed E-state index contributed by atoms with van der Waals surface area (Å²) in [7, 11) is 0. The molecule has 0 radical (unpaired) electrons. The van der Waals surface area contributed by atoms with Gasteiger partial charge in [0.2, 0.25) is 0 Å². The van der Waals surface area contributed by atoms with E-state index in [1.54, 1.807) is 0 Å². The molecule has 62 valence electrons. The van der Waals surface area contributed by atoms with Crippen LogP contribution in [0.5, 0.6) is 0 Å². The van der Waals surface area contributed by atoms with Gasteiger partial charge in [0.15, 0.2) is 4.84 Å². The van der Waals surface area contributed by atoms with Crippen LogP contribution in [0, 0.1) is 18.8 Å². The summed E-state index contributed by atoms with van der Waals surface area (Å²) >= 11 is 10.9. The Bertz CT molecular complexity index is 301. The minimum absolute atomic E-state index is 0.605. The van der Waals surface area contributed by atoms with Crippen LogP contribution in [0.25, 0.3) is 0 Å². The van der Waals surface area contributed by atoms with Gasteiger partial charge in [-0.1, -0.05) is 52.7 Å². The summed E-state index contributed by atoms with van der Waals surface area (Å²) in [6, 6.07) is 7.89. The van der Waals surface area contributed by atoms with Crippen molar-refractivity contribution in [2.24, 2.45) is 0 Å². The van der Waals surface area contributed by atoms with Gasteiger partial charge in [-0.3, -0.25) is 0 Å². The monoisotopic (exact) mass is 198 g/mol. The second kappa shape index (κ2) is 4.40. The average molecular weight is 199 g/mol. The van der Waals surface area contributed by atoms with Crippen LogP contribution in [0.2, 0.25) is 0 Å². The molecule has 0 spiro atoms. The molecule has 0 bridgehead atoms. The molecule has 0 unspecified atom stereocenters. The quantitative estimate of drug-likeness (QED) is 0.444. The molecular weight excluding hydrogens is 191 g/mol. The third-order valence-corrected chi connectivity index (χ3v) is 1.60. The van der Waals surface area contributed by atoms with Gasteiger partial charge in [0.25, 0.3) is 0 Å². The Morgan fingerprint density at radius 1 is 1.17 bits per heavy atom. The molecule has 0 aliphatic heterocycles. The second-order valence-electron chi connectivity index (χ2n) is 2.44. The molecule has 0 saturated heterocycles. The number of aryl methyl sites for hydroxylation is 1. The highest BCUT2D eigenvalue weighted by atomic mass is 35.5. The van der Waals surface area contributed by atoms with Crippen molar-refractivity contribution in [1.82, 2.24) is 0 Å². The minimum Gasteiger partial charge on any atom is -0.0909 e. The molecular formula is C10H8Cl2. The van der Waals surface area contributed by atoms with Gasteiger partial charge in [-0.15, -0.1) is 0 Å². The SMILES string of the molecule is Cc1ccc(C#CC(Cl)Cl)cc1. The van der Waals surface area contributed by atoms with Gasteiger partial charge < -0.3 is 0 Å². The molecule has 1 rings (SSSR count). The highest BCUT2D eigenvalue weighted by molar-refractivity contribution is 6.46. The summed E-state index contributed by atoms with van der Waals surface area (Å²) in [5, 5.41) is 0. The summed E-state index contributed by atoms with van der Waals surface area (Å²) in [6.45, 7) is 2.03. The van der Waals surface area contributed by atoms with E-state index in [1.807, 2.05) is 31.2 Å². The summed E-state index contributed by atoms with van der Waals surface area (Å²) in [5.41, 5.74) is 2.15. The van der Waals surface area contributed by atoms with Crippen LogP contribution in [0.15, 0.2) is 24.3 Å². The van der Waals surface area contributed by atoms with Gasteiger partial charge in [0.05, 0.1) is 0 Å². The maximum atomic E-state index is 5.45. The van der Waals surface area contributed by atoms with Crippen molar-refractivity contribution in [3.63, 3.8) is 0 Å². The number of hydrogen-bond donors (Lipinski definition) is 0. The molecule has 0 fully saturated rings. The number of hydrogen-bond acceptors (Lipinski definition) is 0. The van der Waals surface area contributed by atoms with Crippen molar-refractivity contribution in [2.45, 2.75) is 11.8 Å². The zero-order valence-corrected chi connectivity index (χ0v) is 8.15. The first kappa shape index (κ1) is 9.45. The largest absolute Gasteiger partial charge is 0.168 e. The van der Waals surface area contributed by atoms with Gasteiger partial charge in [-0.05, 0) is 19.1 Å². The van der Waals surface area contributed by atoms with E-state index < -0.39 is 4.84 Å². The van der Waals surface area contributed by atoms with Crippen molar-refractivity contribution < 1.29 is 0 Å². The Kier molecular flexibility index (Phi) is 3.47. The number of benzene rings is 1. The van der Waals surface area contributed by atoms with Gasteiger partial charge in [-0.25, -0.2) is 0 Å². The first-order valence-electron chi connectivity index (χ1n) is 3.55. The lowest BCUT2D eigenvalue weighted by Gasteiger charge is -1.91. The lowest BCUT2D eigenvalue weighted by Crippen LogP contribution is -1.79. The highest BCUT2D eigenvalue weighted by Crippen LogP contribution is 2.03. The summed E-state index contributed by atoms with van der Waals surface area (Å²) in [5.74, 6) is 5.52. The van der Waals surface area contributed by atoms with E-state index in [0.717, 1.165) is 5.56 Å². The predicted molar refractivity (Wildman–Crippen MR) is 53.6 cm³/mol. The molecule has 0 amide bonds. The van der Waals surface area contributed by atoms with E-state index in [-0.39, 0.29) is 0 Å². The molecule has 1 aromatic rings. The standard InChI is InChI=1S/C10H8Cl2/c1-8-2-4-9(5-3-8)6-7-10(11)12/h2-5,10H,1H3. The number of halogens is 2. The van der Waals surface area contributed by atoms with Crippen LogP contribution in [-0.4, -0.2) is 4.84 Å². The van der Waals surface area contributed by atoms with Gasteiger partial charge in [0, 0.05) is 5.56 Å². The van der Waals surface area contributed by atoms with Gasteiger partial charge in [0.1, 0.15) is 0 Å². The Labute approximate surface area is 82.5 Å². The third kappa shape index (κ3) is 3.17. The molecule has 0 atom stereocenters. The zero-order chi connectivity index (χ0) is 8.97. The summed E-state index contributed by atoms with van der Waals surface area (Å²) < 4.78 is 0. The van der Waals surface area contributed by atoms with E-state index >= 15 is 0 Å². The van der Waals surface area contributed by atoms with Crippen molar-refractivity contribution in [1.29, 1.82) is 0 Å². The smallest absolute Gasteiger partial charge is 0.0909 e. The first-order valence-corrected chi connectivity index (χ1v) is 4.42. The van der Waals surface area contributed by atoms with Crippen molar-refractivity contribution in [3.05, 3.63) is 35.4 Å². The fourth-order valence-corrected chi connectivity index (χ4v) is 0.884. The normalized spacial score (nSPS) is 9.33. The van der Waals surface area contributed by atoms with Crippen molar-refractivity contribution in [3.8, 4) is 11.8 Å². The molecule has 0 aliphatic rings. The number of rotatable bonds is 0. The molecule has 0 nitrogen and oxygen atoms in total. The minimum atomic E-state index is -0.605. The van der Waals surface area contributed by atoms with Crippen molar-refractivity contribution >= 4 is 23.2 Å². The molecule has 0 aliphatic carbocycles. The van der Waals surface area contributed by atoms with Crippen LogP contribution < -0.4 is 0 Å². The van der Waals surface area contributed by atoms with Crippen LogP contribution in [0.3, 0.4) is 0 Å². The fourth-order valence-electron chi connectivity index (χ4n) is 0.775. The van der Waals surface area contributed by atoms with Crippen molar-refractivity contribution in [2.75, 3.05) is 0 Å². The maximum absolute atomic E-state index is 5.45. The van der Waals surface area contributed by atoms with Crippen LogP contribution in [0.4, 0.5) is 0 Å². The highest BCUT2D eigenvalue weighted by Gasteiger charge is 1.89. The second-order valence-corrected chi connectivity index (χ2v) is 3.53. The van der Waals surface area contributed by atoms with Crippen LogP contribution in [-0.2, 0) is 0 Å². The van der Waals surface area contributed by atoms with Gasteiger partial charge in [-0.2, -0.15) is 0 Å². The van der Waals surface area contributed by atoms with E-state index in [4.69, 9.17) is 23.2 Å². The van der Waals surface area contributed by atoms with Crippen LogP contribution in [0.1, 0.15) is 11.1 Å². The maximum Gasteiger partial charge on any atom is 0.168 e. The lowest BCUT2D eigenvalue weighted by atomic mass is 10.2. The average Bonchev–Trinajstić information content (AvgIpc) is 2.03. The molecule has 0 saturated carbocycles. The topological polar surface area (TPSA) is 0 Å². The Balaban J connectivity index is 2.79. The fraction of sp³-hybridized carbons (Fsp3) is 0.200. The van der Waals surface area contributed by atoms with E-state index in [0.29, 0.717) is 0 Å². The predicted octanol–water partition coefficient (Wildman–Crippen LogP) is 3.15. The van der Waals surface area contributed by atoms with Crippen LogP contribution >= 0.6 is 23.2 Å². The Morgan fingerprint density at radius 3 is 2.25 bits per heavy atom. The molecule has 12 heavy (non-hydrogen) atoms. The molecule has 0 N–H and O–H groups in total. The number of alkyl halides is 2. The molecule has 0 aromatic heterocycles. The Hall–Kier alpha value is -0.640. The van der Waals surface area contributed by atoms with E-state index in [1.165, 1.54) is 5.56 Å². The summed E-state index contributed by atoms with van der Waals surface area (Å²) in [6.07, 6.45) is 0. The third-order valence-electron chi connectivity index (χ3n) is 1.38. The van der Waals surface area contributed by atoms with Gasteiger partial charge >= 0.3 is 0 Å². The lowest BCUT2D eigenvalue weighted by molar-refractivity contribution is 1.46. The molecule has 1 aromatic carbocycles. The zero-order valence-electron chi connectivity index (χ0n) is 6.64. The molecule has 0 heterocycles. The Morgan fingerprint density at radius 2 is 1.75 bits per heavy atom.